The van der Waals surface area contributed by atoms with Crippen LogP contribution in [-0.2, 0) is 20.9 Å². The molecule has 1 aromatic heterocycles. The second-order valence-corrected chi connectivity index (χ2v) is 9.53. The number of aliphatic hydroxyl groups is 1. The lowest BCUT2D eigenvalue weighted by Crippen LogP contribution is -2.48. The fraction of sp³-hybridized carbons (Fsp3) is 0.640. The van der Waals surface area contributed by atoms with Gasteiger partial charge in [0.1, 0.15) is 12.1 Å². The Morgan fingerprint density at radius 1 is 1.46 bits per heavy atom. The number of nitriles is 1. The van der Waals surface area contributed by atoms with Crippen molar-refractivity contribution in [2.24, 2.45) is 0 Å². The predicted molar refractivity (Wildman–Crippen MR) is 129 cm³/mol. The number of carbonyl (C=O) groups excluding carboxylic acids is 3. The zero-order valence-electron chi connectivity index (χ0n) is 21.7. The molecule has 10 nitrogen and oxygen atoms in total. The van der Waals surface area contributed by atoms with Gasteiger partial charge in [0, 0.05) is 31.8 Å². The van der Waals surface area contributed by atoms with Crippen molar-refractivity contribution in [2.75, 3.05) is 26.8 Å². The van der Waals surface area contributed by atoms with Crippen molar-refractivity contribution >= 4 is 17.7 Å². The van der Waals surface area contributed by atoms with E-state index in [1.54, 1.807) is 13.1 Å². The van der Waals surface area contributed by atoms with Crippen molar-refractivity contribution in [1.29, 1.82) is 5.26 Å². The molecule has 1 aliphatic rings. The maximum absolute atomic E-state index is 13.7. The third-order valence-corrected chi connectivity index (χ3v) is 6.48. The monoisotopic (exact) mass is 523 g/mol. The minimum atomic E-state index is -3.15. The van der Waals surface area contributed by atoms with Crippen LogP contribution in [0.25, 0.3) is 0 Å². The number of ether oxygens (including phenoxy) is 1. The molecule has 2 heterocycles. The van der Waals surface area contributed by atoms with Crippen LogP contribution < -0.4 is 5.32 Å². The topological polar surface area (TPSA) is 136 Å². The van der Waals surface area contributed by atoms with Crippen LogP contribution >= 0.6 is 0 Å². The van der Waals surface area contributed by atoms with Gasteiger partial charge in [-0.3, -0.25) is 19.4 Å². The molecular formula is C25H35F2N5O5. The summed E-state index contributed by atoms with van der Waals surface area (Å²) in [5.41, 5.74) is 0.117. The third kappa shape index (κ3) is 8.43. The molecule has 204 valence electrons. The molecule has 3 amide bonds. The summed E-state index contributed by atoms with van der Waals surface area (Å²) in [6.45, 7) is 4.65. The maximum Gasteiger partial charge on any atom is 0.268 e. The van der Waals surface area contributed by atoms with Crippen molar-refractivity contribution in [1.82, 2.24) is 20.1 Å². The van der Waals surface area contributed by atoms with Crippen LogP contribution in [0, 0.1) is 11.3 Å². The molecule has 1 aliphatic heterocycles. The first-order chi connectivity index (χ1) is 17.3. The summed E-state index contributed by atoms with van der Waals surface area (Å²) >= 11 is 0. The Bertz CT molecular complexity index is 1020. The van der Waals surface area contributed by atoms with Gasteiger partial charge in [-0.15, -0.1) is 0 Å². The second kappa shape index (κ2) is 12.9. The molecule has 12 heteroatoms. The van der Waals surface area contributed by atoms with Crippen LogP contribution in [-0.4, -0.2) is 88.0 Å². The van der Waals surface area contributed by atoms with Crippen LogP contribution in [0.2, 0.25) is 0 Å². The molecule has 3 atom stereocenters. The lowest BCUT2D eigenvalue weighted by atomic mass is 9.99. The molecular weight excluding hydrogens is 488 g/mol. The van der Waals surface area contributed by atoms with Gasteiger partial charge in [0.25, 0.3) is 11.8 Å². The number of aliphatic hydroxyl groups excluding tert-OH is 1. The normalized spacial score (nSPS) is 19.0. The Morgan fingerprint density at radius 3 is 2.78 bits per heavy atom. The first-order valence-electron chi connectivity index (χ1n) is 12.2. The quantitative estimate of drug-likeness (QED) is 0.427. The maximum atomic E-state index is 13.7. The van der Waals surface area contributed by atoms with Crippen molar-refractivity contribution in [3.05, 3.63) is 29.6 Å². The van der Waals surface area contributed by atoms with E-state index in [-0.39, 0.29) is 37.6 Å². The van der Waals surface area contributed by atoms with Gasteiger partial charge in [0.15, 0.2) is 0 Å². The summed E-state index contributed by atoms with van der Waals surface area (Å²) in [5, 5.41) is 20.8. The van der Waals surface area contributed by atoms with Gasteiger partial charge < -0.3 is 25.0 Å². The van der Waals surface area contributed by atoms with E-state index in [2.05, 4.69) is 10.3 Å². The Balaban J connectivity index is 1.93. The van der Waals surface area contributed by atoms with Crippen LogP contribution in [0.5, 0.6) is 0 Å². The van der Waals surface area contributed by atoms with Gasteiger partial charge >= 0.3 is 0 Å². The molecule has 0 bridgehead atoms. The summed E-state index contributed by atoms with van der Waals surface area (Å²) in [6.07, 6.45) is 1.97. The summed E-state index contributed by atoms with van der Waals surface area (Å²) in [4.78, 5) is 44.3. The number of amides is 3. The van der Waals surface area contributed by atoms with Gasteiger partial charge in [0.05, 0.1) is 43.5 Å². The molecule has 2 rings (SSSR count). The zero-order chi connectivity index (χ0) is 27.8. The Labute approximate surface area is 215 Å². The fourth-order valence-electron chi connectivity index (χ4n) is 3.95. The molecule has 0 saturated carbocycles. The fourth-order valence-corrected chi connectivity index (χ4v) is 3.95. The van der Waals surface area contributed by atoms with E-state index in [1.807, 2.05) is 13.8 Å². The Hall–Kier alpha value is -3.17. The minimum Gasteiger partial charge on any atom is -0.396 e. The summed E-state index contributed by atoms with van der Waals surface area (Å²) in [6, 6.07) is 2.24. The van der Waals surface area contributed by atoms with Crippen LogP contribution in [0.15, 0.2) is 18.3 Å². The van der Waals surface area contributed by atoms with Crippen molar-refractivity contribution in [3.63, 3.8) is 0 Å². The molecule has 0 spiro atoms. The average molecular weight is 524 g/mol. The number of likely N-dealkylation sites (tertiary alicyclic amines) is 1. The van der Waals surface area contributed by atoms with Crippen molar-refractivity contribution in [2.45, 2.75) is 76.6 Å². The summed E-state index contributed by atoms with van der Waals surface area (Å²) < 4.78 is 33.1. The Kier molecular flexibility index (Phi) is 10.5. The molecule has 2 N–H and O–H groups in total. The average Bonchev–Trinajstić information content (AvgIpc) is 3.18. The Morgan fingerprint density at radius 2 is 2.16 bits per heavy atom. The second-order valence-electron chi connectivity index (χ2n) is 9.53. The molecule has 0 aliphatic carbocycles. The lowest BCUT2D eigenvalue weighted by Gasteiger charge is -2.28. The number of hydrogen-bond acceptors (Lipinski definition) is 7. The number of nitrogens with one attached hydrogen (secondary N) is 1. The minimum absolute atomic E-state index is 0.00467. The zero-order valence-corrected chi connectivity index (χ0v) is 21.7. The van der Waals surface area contributed by atoms with Crippen LogP contribution in [0.4, 0.5) is 8.78 Å². The van der Waals surface area contributed by atoms with Gasteiger partial charge in [-0.1, -0.05) is 6.92 Å². The van der Waals surface area contributed by atoms with Crippen LogP contribution in [0.1, 0.15) is 62.5 Å². The van der Waals surface area contributed by atoms with Crippen molar-refractivity contribution < 1.29 is 33.0 Å². The summed E-state index contributed by atoms with van der Waals surface area (Å²) in [5.74, 6) is -4.72. The van der Waals surface area contributed by atoms with E-state index in [0.717, 1.165) is 4.90 Å². The van der Waals surface area contributed by atoms with E-state index in [0.29, 0.717) is 18.5 Å². The number of pyridine rings is 1. The van der Waals surface area contributed by atoms with Gasteiger partial charge in [-0.05, 0) is 38.8 Å². The van der Waals surface area contributed by atoms with E-state index in [4.69, 9.17) is 10.00 Å². The first kappa shape index (κ1) is 30.1. The molecule has 37 heavy (non-hydrogen) atoms. The third-order valence-electron chi connectivity index (χ3n) is 6.48. The highest BCUT2D eigenvalue weighted by atomic mass is 19.3. The van der Waals surface area contributed by atoms with Gasteiger partial charge in [0.2, 0.25) is 11.8 Å². The van der Waals surface area contributed by atoms with E-state index >= 15 is 0 Å². The van der Waals surface area contributed by atoms with E-state index < -0.39 is 48.4 Å². The molecule has 0 radical (unpaired) electrons. The predicted octanol–water partition coefficient (Wildman–Crippen LogP) is 1.88. The molecule has 1 saturated heterocycles. The number of hydrogen-bond donors (Lipinski definition) is 2. The van der Waals surface area contributed by atoms with Gasteiger partial charge in [-0.25, -0.2) is 8.78 Å². The molecule has 0 aromatic carbocycles. The number of nitrogens with zero attached hydrogens (tertiary/aromatic N) is 4. The largest absolute Gasteiger partial charge is 0.396 e. The first-order valence-corrected chi connectivity index (χ1v) is 12.2. The number of alkyl halides is 2. The van der Waals surface area contributed by atoms with E-state index in [9.17, 15) is 28.3 Å². The molecule has 1 fully saturated rings. The number of halogens is 2. The van der Waals surface area contributed by atoms with Crippen molar-refractivity contribution in [3.8, 4) is 6.07 Å². The highest BCUT2D eigenvalue weighted by molar-refractivity contribution is 5.97. The van der Waals surface area contributed by atoms with Gasteiger partial charge in [-0.2, -0.15) is 5.26 Å². The highest BCUT2D eigenvalue weighted by Gasteiger charge is 2.48. The smallest absolute Gasteiger partial charge is 0.268 e. The number of carbonyl (C=O) groups is 3. The number of rotatable bonds is 12. The van der Waals surface area contributed by atoms with Crippen LogP contribution in [0.3, 0.4) is 0 Å². The summed E-state index contributed by atoms with van der Waals surface area (Å²) in [7, 11) is 1.60. The highest BCUT2D eigenvalue weighted by Crippen LogP contribution is 2.32. The molecule has 1 unspecified atom stereocenters. The number of aromatic nitrogens is 1. The lowest BCUT2D eigenvalue weighted by molar-refractivity contribution is -0.134. The molecule has 1 aromatic rings. The standard InChI is InChI=1S/C25H35F2N5O5/c1-5-24(3,8-10-33)37-11-7-21(34)31(4)15-19-12-18(6-9-29-19)22(35)30-17(2)23(36)32-16-25(26,27)13-20(32)14-28/h6,9,12,17,20,33H,5,7-8,10-11,13,15-16H2,1-4H3,(H,30,35)/t17-,20+,24?/m0/s1. The van der Waals surface area contributed by atoms with E-state index in [1.165, 1.54) is 30.2 Å². The SMILES string of the molecule is CCC(C)(CCO)OCCC(=O)N(C)Cc1cc(C(=O)N[C@@H](C)C(=O)N2CC(F)(F)C[C@@H]2C#N)ccn1.